The van der Waals surface area contributed by atoms with Gasteiger partial charge in [0.25, 0.3) is 0 Å². The monoisotopic (exact) mass is 428 g/mol. The van der Waals surface area contributed by atoms with Crippen LogP contribution < -0.4 is 4.74 Å². The Morgan fingerprint density at radius 3 is 2.39 bits per heavy atom. The van der Waals surface area contributed by atoms with E-state index in [2.05, 4.69) is 65.7 Å². The van der Waals surface area contributed by atoms with E-state index < -0.39 is 0 Å². The number of hydrazone groups is 1. The first-order chi connectivity index (χ1) is 15.2. The maximum Gasteiger partial charge on any atom is 0.198 e. The number of nitrogens with zero attached hydrogens (tertiary/aromatic N) is 2. The molecule has 0 aromatic heterocycles. The Labute approximate surface area is 188 Å². The van der Waals surface area contributed by atoms with Gasteiger partial charge in [-0.2, -0.15) is 5.10 Å². The van der Waals surface area contributed by atoms with Crippen LogP contribution in [0.25, 0.3) is 0 Å². The molecular weight excluding hydrogens is 404 g/mol. The number of halogens is 1. The second kappa shape index (κ2) is 7.42. The van der Waals surface area contributed by atoms with Gasteiger partial charge in [-0.05, 0) is 36.5 Å². The lowest BCUT2D eigenvalue weighted by Crippen LogP contribution is -2.55. The summed E-state index contributed by atoms with van der Waals surface area (Å²) in [4.78, 5) is 0. The van der Waals surface area contributed by atoms with Gasteiger partial charge < -0.3 is 4.74 Å². The van der Waals surface area contributed by atoms with Gasteiger partial charge in [0, 0.05) is 35.4 Å². The third-order valence-corrected chi connectivity index (χ3v) is 7.46. The van der Waals surface area contributed by atoms with E-state index in [1.54, 1.807) is 0 Å². The topological polar surface area (TPSA) is 24.8 Å². The Hall–Kier alpha value is -2.78. The molecule has 0 bridgehead atoms. The minimum atomic E-state index is -0.382. The third-order valence-electron chi connectivity index (χ3n) is 7.13. The normalized spacial score (nSPS) is 26.7. The van der Waals surface area contributed by atoms with Crippen LogP contribution in [-0.2, 0) is 0 Å². The van der Waals surface area contributed by atoms with Crippen molar-refractivity contribution >= 4 is 17.3 Å². The summed E-state index contributed by atoms with van der Waals surface area (Å²) in [5.74, 6) is 1.60. The highest BCUT2D eigenvalue weighted by Crippen LogP contribution is 2.53. The van der Waals surface area contributed by atoms with Gasteiger partial charge >= 0.3 is 0 Å². The Balaban J connectivity index is 1.36. The van der Waals surface area contributed by atoms with Gasteiger partial charge in [0.1, 0.15) is 5.75 Å². The van der Waals surface area contributed by atoms with Crippen LogP contribution in [0.15, 0.2) is 84.0 Å². The van der Waals surface area contributed by atoms with Crippen LogP contribution >= 0.6 is 11.6 Å². The SMILES string of the molecule is Clc1ccccc1C1=NN2[C@@H](C1)c1ccccc1OC21CCC(c2ccccc2)CC1. The molecule has 1 aliphatic carbocycles. The van der Waals surface area contributed by atoms with E-state index in [-0.39, 0.29) is 11.8 Å². The largest absolute Gasteiger partial charge is 0.466 e. The van der Waals surface area contributed by atoms with Crippen LogP contribution in [0.5, 0.6) is 5.75 Å². The smallest absolute Gasteiger partial charge is 0.198 e. The van der Waals surface area contributed by atoms with Gasteiger partial charge in [-0.3, -0.25) is 0 Å². The summed E-state index contributed by atoms with van der Waals surface area (Å²) in [6.45, 7) is 0. The zero-order valence-corrected chi connectivity index (χ0v) is 18.1. The van der Waals surface area contributed by atoms with Crippen molar-refractivity contribution in [3.05, 3.63) is 101 Å². The Kier molecular flexibility index (Phi) is 4.53. The first-order valence-electron chi connectivity index (χ1n) is 11.2. The molecule has 1 fully saturated rings. The van der Waals surface area contributed by atoms with E-state index in [4.69, 9.17) is 21.4 Å². The molecule has 1 atom stereocenters. The van der Waals surface area contributed by atoms with Crippen molar-refractivity contribution in [3.63, 3.8) is 0 Å². The number of fused-ring (bicyclic) bond motifs is 4. The molecule has 3 nitrogen and oxygen atoms in total. The van der Waals surface area contributed by atoms with Gasteiger partial charge in [0.05, 0.1) is 11.8 Å². The number of benzene rings is 3. The highest BCUT2D eigenvalue weighted by molar-refractivity contribution is 6.34. The van der Waals surface area contributed by atoms with Crippen molar-refractivity contribution in [3.8, 4) is 5.75 Å². The van der Waals surface area contributed by atoms with Crippen LogP contribution in [0, 0.1) is 0 Å². The predicted molar refractivity (Wildman–Crippen MR) is 125 cm³/mol. The minimum absolute atomic E-state index is 0.199. The van der Waals surface area contributed by atoms with Crippen LogP contribution in [-0.4, -0.2) is 16.4 Å². The average Bonchev–Trinajstić information content (AvgIpc) is 3.27. The molecule has 31 heavy (non-hydrogen) atoms. The summed E-state index contributed by atoms with van der Waals surface area (Å²) < 4.78 is 6.76. The number of ether oxygens (including phenoxy) is 1. The molecule has 4 heteroatoms. The highest BCUT2D eigenvalue weighted by Gasteiger charge is 2.52. The van der Waals surface area contributed by atoms with Gasteiger partial charge in [-0.1, -0.05) is 78.3 Å². The molecule has 1 saturated carbocycles. The lowest BCUT2D eigenvalue weighted by atomic mass is 9.78. The fourth-order valence-corrected chi connectivity index (χ4v) is 5.79. The summed E-state index contributed by atoms with van der Waals surface area (Å²) in [6.07, 6.45) is 5.00. The first-order valence-corrected chi connectivity index (χ1v) is 11.6. The standard InChI is InChI=1S/C27H25ClN2O/c28-23-12-6-4-10-21(23)24-18-25-22-11-5-7-13-26(22)31-27(30(25)29-24)16-14-20(15-17-27)19-8-2-1-3-9-19/h1-13,20,25H,14-18H2/t20?,25-,27?/m0/s1. The Morgan fingerprint density at radius 1 is 0.871 bits per heavy atom. The van der Waals surface area contributed by atoms with Crippen molar-refractivity contribution in [2.24, 2.45) is 5.10 Å². The van der Waals surface area contributed by atoms with E-state index in [1.165, 1.54) is 11.1 Å². The second-order valence-electron chi connectivity index (χ2n) is 8.86. The molecule has 0 unspecified atom stereocenters. The van der Waals surface area contributed by atoms with Crippen LogP contribution in [0.4, 0.5) is 0 Å². The Bertz CT molecular complexity index is 1130. The zero-order valence-electron chi connectivity index (χ0n) is 17.4. The number of para-hydroxylation sites is 1. The van der Waals surface area contributed by atoms with E-state index >= 15 is 0 Å². The predicted octanol–water partition coefficient (Wildman–Crippen LogP) is 6.94. The average molecular weight is 429 g/mol. The Morgan fingerprint density at radius 2 is 1.58 bits per heavy atom. The number of hydrogen-bond acceptors (Lipinski definition) is 3. The van der Waals surface area contributed by atoms with Gasteiger partial charge in [0.2, 0.25) is 0 Å². The van der Waals surface area contributed by atoms with Crippen LogP contribution in [0.1, 0.15) is 60.8 Å². The van der Waals surface area contributed by atoms with E-state index in [0.717, 1.165) is 54.2 Å². The third kappa shape index (κ3) is 3.14. The van der Waals surface area contributed by atoms with Crippen molar-refractivity contribution in [1.82, 2.24) is 5.01 Å². The number of rotatable bonds is 2. The first kappa shape index (κ1) is 18.9. The van der Waals surface area contributed by atoms with Crippen molar-refractivity contribution < 1.29 is 4.74 Å². The van der Waals surface area contributed by atoms with Gasteiger partial charge in [-0.15, -0.1) is 0 Å². The molecule has 3 aromatic rings. The van der Waals surface area contributed by atoms with E-state index in [9.17, 15) is 0 Å². The maximum absolute atomic E-state index is 6.76. The molecule has 156 valence electrons. The second-order valence-corrected chi connectivity index (χ2v) is 9.27. The molecule has 0 radical (unpaired) electrons. The summed E-state index contributed by atoms with van der Waals surface area (Å²) >= 11 is 6.54. The molecule has 3 aromatic carbocycles. The molecule has 6 rings (SSSR count). The summed E-state index contributed by atoms with van der Waals surface area (Å²) in [7, 11) is 0. The van der Waals surface area contributed by atoms with E-state index in [0.29, 0.717) is 5.92 Å². The van der Waals surface area contributed by atoms with Crippen LogP contribution in [0.3, 0.4) is 0 Å². The lowest BCUT2D eigenvalue weighted by molar-refractivity contribution is -0.142. The fraction of sp³-hybridized carbons (Fsp3) is 0.296. The molecule has 3 aliphatic rings. The van der Waals surface area contributed by atoms with Crippen molar-refractivity contribution in [2.75, 3.05) is 0 Å². The molecule has 0 saturated heterocycles. The van der Waals surface area contributed by atoms with Crippen molar-refractivity contribution in [2.45, 2.75) is 49.8 Å². The summed E-state index contributed by atoms with van der Waals surface area (Å²) in [5.41, 5.74) is 4.37. The van der Waals surface area contributed by atoms with E-state index in [1.807, 2.05) is 18.2 Å². The molecule has 0 N–H and O–H groups in total. The minimum Gasteiger partial charge on any atom is -0.466 e. The summed E-state index contributed by atoms with van der Waals surface area (Å²) in [5, 5.41) is 8.19. The van der Waals surface area contributed by atoms with Gasteiger partial charge in [0.15, 0.2) is 5.72 Å². The molecule has 0 amide bonds. The zero-order chi connectivity index (χ0) is 20.8. The summed E-state index contributed by atoms with van der Waals surface area (Å²) in [6, 6.07) is 27.6. The van der Waals surface area contributed by atoms with Crippen molar-refractivity contribution in [1.29, 1.82) is 0 Å². The van der Waals surface area contributed by atoms with Gasteiger partial charge in [-0.25, -0.2) is 5.01 Å². The highest BCUT2D eigenvalue weighted by atomic mass is 35.5. The molecule has 2 heterocycles. The molecule has 2 aliphatic heterocycles. The lowest BCUT2D eigenvalue weighted by Gasteiger charge is -2.50. The number of hydrogen-bond donors (Lipinski definition) is 0. The molecular formula is C27H25ClN2O. The van der Waals surface area contributed by atoms with Crippen LogP contribution in [0.2, 0.25) is 5.02 Å². The molecule has 1 spiro atoms. The fourth-order valence-electron chi connectivity index (χ4n) is 5.54. The maximum atomic E-state index is 6.76. The quantitative estimate of drug-likeness (QED) is 0.441.